The zero-order chi connectivity index (χ0) is 22.5. The molecule has 0 aliphatic heterocycles. The minimum Gasteiger partial charge on any atom is -0.351 e. The van der Waals surface area contributed by atoms with Gasteiger partial charge in [-0.05, 0) is 71.6 Å². The molecule has 0 saturated heterocycles. The average Bonchev–Trinajstić information content (AvgIpc) is 3.36. The van der Waals surface area contributed by atoms with Gasteiger partial charge in [-0.2, -0.15) is 5.10 Å². The number of hydrogen-bond donors (Lipinski definition) is 1. The summed E-state index contributed by atoms with van der Waals surface area (Å²) >= 11 is 12.2. The van der Waals surface area contributed by atoms with Crippen LogP contribution in [0.2, 0.25) is 10.0 Å². The van der Waals surface area contributed by atoms with E-state index in [2.05, 4.69) is 17.3 Å². The number of amides is 1. The maximum Gasteiger partial charge on any atom is 0.251 e. The van der Waals surface area contributed by atoms with Crippen LogP contribution in [0.25, 0.3) is 5.69 Å². The maximum atomic E-state index is 12.9. The molecule has 4 aromatic rings. The first-order valence-electron chi connectivity index (χ1n) is 10.4. The summed E-state index contributed by atoms with van der Waals surface area (Å²) in [5.41, 5.74) is 3.79. The van der Waals surface area contributed by atoms with Crippen LogP contribution in [-0.2, 0) is 0 Å². The van der Waals surface area contributed by atoms with Crippen molar-refractivity contribution in [1.29, 1.82) is 0 Å². The Labute approximate surface area is 197 Å². The third-order valence-electron chi connectivity index (χ3n) is 5.68. The normalized spacial score (nSPS) is 12.8. The van der Waals surface area contributed by atoms with Gasteiger partial charge in [0.2, 0.25) is 0 Å². The standard InChI is InChI=1S/C26H23Cl2N3O/c1-18(19-3-9-22(27)10-4-19)25(20-5-11-23(28)12-6-20)17-29-26(32)21-7-13-24(14-8-21)31-16-2-15-30-31/h2-16,18,25H,17H2,1H3,(H,29,32). The van der Waals surface area contributed by atoms with Gasteiger partial charge in [0.25, 0.3) is 5.91 Å². The summed E-state index contributed by atoms with van der Waals surface area (Å²) in [7, 11) is 0. The average molecular weight is 464 g/mol. The lowest BCUT2D eigenvalue weighted by Crippen LogP contribution is -2.30. The molecule has 1 amide bonds. The highest BCUT2D eigenvalue weighted by atomic mass is 35.5. The zero-order valence-electron chi connectivity index (χ0n) is 17.6. The van der Waals surface area contributed by atoms with Crippen LogP contribution in [0.4, 0.5) is 0 Å². The predicted molar refractivity (Wildman–Crippen MR) is 130 cm³/mol. The second-order valence-electron chi connectivity index (χ2n) is 7.71. The molecule has 4 rings (SSSR count). The molecule has 0 saturated carbocycles. The summed E-state index contributed by atoms with van der Waals surface area (Å²) in [5.74, 6) is 0.121. The Morgan fingerprint density at radius 3 is 2.06 bits per heavy atom. The van der Waals surface area contributed by atoms with E-state index in [1.807, 2.05) is 85.1 Å². The third kappa shape index (κ3) is 5.21. The second-order valence-corrected chi connectivity index (χ2v) is 8.58. The summed E-state index contributed by atoms with van der Waals surface area (Å²) < 4.78 is 1.76. The molecule has 1 N–H and O–H groups in total. The predicted octanol–water partition coefficient (Wildman–Crippen LogP) is 6.50. The monoisotopic (exact) mass is 463 g/mol. The Bertz CT molecular complexity index is 1160. The van der Waals surface area contributed by atoms with E-state index < -0.39 is 0 Å². The van der Waals surface area contributed by atoms with Gasteiger partial charge in [0.15, 0.2) is 0 Å². The van der Waals surface area contributed by atoms with Crippen LogP contribution in [0.5, 0.6) is 0 Å². The number of carbonyl (C=O) groups is 1. The Morgan fingerprint density at radius 1 is 0.906 bits per heavy atom. The van der Waals surface area contributed by atoms with Gasteiger partial charge in [-0.15, -0.1) is 0 Å². The highest BCUT2D eigenvalue weighted by Crippen LogP contribution is 2.33. The highest BCUT2D eigenvalue weighted by Gasteiger charge is 2.22. The lowest BCUT2D eigenvalue weighted by Gasteiger charge is -2.25. The van der Waals surface area contributed by atoms with E-state index in [1.54, 1.807) is 10.9 Å². The Kier molecular flexibility index (Phi) is 6.93. The molecular formula is C26H23Cl2N3O. The molecule has 2 unspecified atom stereocenters. The van der Waals surface area contributed by atoms with Crippen molar-refractivity contribution in [3.8, 4) is 5.69 Å². The first-order chi connectivity index (χ1) is 15.5. The molecule has 1 aromatic heterocycles. The van der Waals surface area contributed by atoms with E-state index in [9.17, 15) is 4.79 Å². The fraction of sp³-hybridized carbons (Fsp3) is 0.154. The SMILES string of the molecule is CC(c1ccc(Cl)cc1)C(CNC(=O)c1ccc(-n2cccn2)cc1)c1ccc(Cl)cc1. The van der Waals surface area contributed by atoms with Crippen LogP contribution in [-0.4, -0.2) is 22.2 Å². The first-order valence-corrected chi connectivity index (χ1v) is 11.2. The van der Waals surface area contributed by atoms with Crippen molar-refractivity contribution in [2.75, 3.05) is 6.54 Å². The summed E-state index contributed by atoms with van der Waals surface area (Å²) in [6, 6.07) is 24.9. The number of rotatable bonds is 7. The highest BCUT2D eigenvalue weighted by molar-refractivity contribution is 6.30. The summed E-state index contributed by atoms with van der Waals surface area (Å²) in [6.07, 6.45) is 3.59. The van der Waals surface area contributed by atoms with E-state index in [1.165, 1.54) is 0 Å². The van der Waals surface area contributed by atoms with E-state index in [-0.39, 0.29) is 17.7 Å². The summed E-state index contributed by atoms with van der Waals surface area (Å²) in [6.45, 7) is 2.65. The number of halogens is 2. The number of nitrogens with zero attached hydrogens (tertiary/aromatic N) is 2. The van der Waals surface area contributed by atoms with Crippen LogP contribution in [0.1, 0.15) is 40.2 Å². The van der Waals surface area contributed by atoms with Gasteiger partial charge in [0.05, 0.1) is 5.69 Å². The molecule has 0 fully saturated rings. The molecular weight excluding hydrogens is 441 g/mol. The van der Waals surface area contributed by atoms with Crippen molar-refractivity contribution in [3.05, 3.63) is 118 Å². The van der Waals surface area contributed by atoms with Gasteiger partial charge >= 0.3 is 0 Å². The molecule has 3 aromatic carbocycles. The fourth-order valence-electron chi connectivity index (χ4n) is 3.78. The van der Waals surface area contributed by atoms with Gasteiger partial charge in [-0.3, -0.25) is 4.79 Å². The van der Waals surface area contributed by atoms with Gasteiger partial charge in [-0.25, -0.2) is 4.68 Å². The van der Waals surface area contributed by atoms with E-state index in [0.29, 0.717) is 22.2 Å². The van der Waals surface area contributed by atoms with Crippen LogP contribution >= 0.6 is 23.2 Å². The first kappa shape index (κ1) is 22.1. The molecule has 2 atom stereocenters. The van der Waals surface area contributed by atoms with Gasteiger partial charge in [0.1, 0.15) is 0 Å². The quantitative estimate of drug-likeness (QED) is 0.340. The van der Waals surface area contributed by atoms with Crippen LogP contribution in [0, 0.1) is 0 Å². The Balaban J connectivity index is 1.51. The van der Waals surface area contributed by atoms with Crippen molar-refractivity contribution >= 4 is 29.1 Å². The van der Waals surface area contributed by atoms with Crippen molar-refractivity contribution in [2.45, 2.75) is 18.8 Å². The van der Waals surface area contributed by atoms with E-state index in [0.717, 1.165) is 16.8 Å². The van der Waals surface area contributed by atoms with Gasteiger partial charge in [-0.1, -0.05) is 54.4 Å². The molecule has 0 bridgehead atoms. The number of hydrogen-bond acceptors (Lipinski definition) is 2. The number of carbonyl (C=O) groups excluding carboxylic acids is 1. The Hall–Kier alpha value is -3.08. The fourth-order valence-corrected chi connectivity index (χ4v) is 4.04. The van der Waals surface area contributed by atoms with Crippen molar-refractivity contribution in [1.82, 2.24) is 15.1 Å². The van der Waals surface area contributed by atoms with Crippen LogP contribution < -0.4 is 5.32 Å². The molecule has 0 aliphatic carbocycles. The molecule has 32 heavy (non-hydrogen) atoms. The molecule has 0 radical (unpaired) electrons. The molecule has 6 heteroatoms. The van der Waals surface area contributed by atoms with Crippen molar-refractivity contribution in [3.63, 3.8) is 0 Å². The van der Waals surface area contributed by atoms with Gasteiger partial charge < -0.3 is 5.32 Å². The lowest BCUT2D eigenvalue weighted by molar-refractivity contribution is 0.0950. The van der Waals surface area contributed by atoms with Crippen LogP contribution in [0.3, 0.4) is 0 Å². The van der Waals surface area contributed by atoms with E-state index in [4.69, 9.17) is 23.2 Å². The number of nitrogens with one attached hydrogen (secondary N) is 1. The minimum atomic E-state index is -0.112. The summed E-state index contributed by atoms with van der Waals surface area (Å²) in [4.78, 5) is 12.9. The smallest absolute Gasteiger partial charge is 0.251 e. The van der Waals surface area contributed by atoms with Gasteiger partial charge in [0, 0.05) is 40.5 Å². The number of aromatic nitrogens is 2. The molecule has 1 heterocycles. The maximum absolute atomic E-state index is 12.9. The third-order valence-corrected chi connectivity index (χ3v) is 6.18. The second kappa shape index (κ2) is 10.0. The van der Waals surface area contributed by atoms with Crippen LogP contribution in [0.15, 0.2) is 91.3 Å². The number of benzene rings is 3. The lowest BCUT2D eigenvalue weighted by atomic mass is 9.82. The molecule has 162 valence electrons. The minimum absolute atomic E-state index is 0.0701. The Morgan fingerprint density at radius 2 is 1.50 bits per heavy atom. The van der Waals surface area contributed by atoms with Crippen molar-refractivity contribution < 1.29 is 4.79 Å². The molecule has 0 aliphatic rings. The topological polar surface area (TPSA) is 46.9 Å². The largest absolute Gasteiger partial charge is 0.351 e. The molecule has 0 spiro atoms. The zero-order valence-corrected chi connectivity index (χ0v) is 19.1. The van der Waals surface area contributed by atoms with E-state index >= 15 is 0 Å². The van der Waals surface area contributed by atoms with Crippen molar-refractivity contribution in [2.24, 2.45) is 0 Å². The molecule has 4 nitrogen and oxygen atoms in total. The summed E-state index contributed by atoms with van der Waals surface area (Å²) in [5, 5.41) is 8.71.